The van der Waals surface area contributed by atoms with E-state index in [4.69, 9.17) is 0 Å². The van der Waals surface area contributed by atoms with Gasteiger partial charge in [-0.1, -0.05) is 72.8 Å². The van der Waals surface area contributed by atoms with Gasteiger partial charge in [-0.05, 0) is 11.6 Å². The van der Waals surface area contributed by atoms with Crippen LogP contribution in [0.1, 0.15) is 15.9 Å². The van der Waals surface area contributed by atoms with Crippen LogP contribution < -0.4 is 5.32 Å². The number of carboxylic acid groups (broad SMARTS) is 1. The predicted molar refractivity (Wildman–Crippen MR) is 107 cm³/mol. The van der Waals surface area contributed by atoms with Gasteiger partial charge in [0.1, 0.15) is 5.41 Å². The summed E-state index contributed by atoms with van der Waals surface area (Å²) in [6, 6.07) is 16.0. The molecule has 1 heterocycles. The summed E-state index contributed by atoms with van der Waals surface area (Å²) in [5, 5.41) is 15.7. The van der Waals surface area contributed by atoms with Crippen LogP contribution in [0, 0.1) is 0 Å². The normalized spacial score (nSPS) is 21.3. The maximum Gasteiger partial charge on any atom is 0.320 e. The first-order valence-corrected chi connectivity index (χ1v) is 9.43. The highest BCUT2D eigenvalue weighted by molar-refractivity contribution is 7.17. The Balaban J connectivity index is 1.73. The molecule has 134 valence electrons. The van der Waals surface area contributed by atoms with Gasteiger partial charge in [-0.3, -0.25) is 9.59 Å². The number of carboxylic acids is 1. The van der Waals surface area contributed by atoms with Crippen molar-refractivity contribution in [2.75, 3.05) is 0 Å². The van der Waals surface area contributed by atoms with Crippen LogP contribution in [0.25, 0.3) is 10.1 Å². The highest BCUT2D eigenvalue weighted by Gasteiger charge is 2.46. The topological polar surface area (TPSA) is 66.4 Å². The zero-order valence-electron chi connectivity index (χ0n) is 14.3. The summed E-state index contributed by atoms with van der Waals surface area (Å²) in [6.45, 7) is 0. The van der Waals surface area contributed by atoms with E-state index >= 15 is 0 Å². The van der Waals surface area contributed by atoms with Crippen molar-refractivity contribution in [3.8, 4) is 0 Å². The fraction of sp³-hybridized carbons (Fsp3) is 0.0909. The quantitative estimate of drug-likeness (QED) is 0.720. The molecule has 0 radical (unpaired) electrons. The lowest BCUT2D eigenvalue weighted by molar-refractivity contribution is -0.142. The van der Waals surface area contributed by atoms with Crippen molar-refractivity contribution in [2.45, 2.75) is 11.5 Å². The molecule has 2 unspecified atom stereocenters. The first kappa shape index (κ1) is 17.2. The van der Waals surface area contributed by atoms with Crippen LogP contribution in [-0.2, 0) is 10.2 Å². The fourth-order valence-corrected chi connectivity index (χ4v) is 4.43. The second-order valence-electron chi connectivity index (χ2n) is 6.38. The molecule has 0 fully saturated rings. The number of benzene rings is 2. The first-order valence-electron chi connectivity index (χ1n) is 8.55. The highest BCUT2D eigenvalue weighted by atomic mass is 32.1. The van der Waals surface area contributed by atoms with Crippen molar-refractivity contribution in [2.24, 2.45) is 0 Å². The maximum atomic E-state index is 13.0. The smallest absolute Gasteiger partial charge is 0.320 e. The molecule has 0 bridgehead atoms. The molecule has 0 spiro atoms. The van der Waals surface area contributed by atoms with E-state index in [0.29, 0.717) is 11.1 Å². The molecule has 3 aromatic rings. The molecule has 0 saturated heterocycles. The Hall–Kier alpha value is -3.18. The third kappa shape index (κ3) is 2.86. The van der Waals surface area contributed by atoms with Gasteiger partial charge in [0, 0.05) is 15.5 Å². The van der Waals surface area contributed by atoms with Gasteiger partial charge in [0.15, 0.2) is 0 Å². The number of amides is 1. The molecule has 2 aromatic carbocycles. The van der Waals surface area contributed by atoms with E-state index in [0.717, 1.165) is 10.1 Å². The molecule has 1 amide bonds. The molecule has 27 heavy (non-hydrogen) atoms. The molecular weight excluding hydrogens is 358 g/mol. The molecule has 5 heteroatoms. The van der Waals surface area contributed by atoms with Gasteiger partial charge >= 0.3 is 5.97 Å². The molecule has 2 N–H and O–H groups in total. The van der Waals surface area contributed by atoms with Gasteiger partial charge in [0.2, 0.25) is 0 Å². The lowest BCUT2D eigenvalue weighted by atomic mass is 9.72. The second kappa shape index (κ2) is 6.85. The highest BCUT2D eigenvalue weighted by Crippen LogP contribution is 2.34. The zero-order valence-corrected chi connectivity index (χ0v) is 15.1. The molecule has 0 saturated carbocycles. The molecular formula is C22H17NO3S. The van der Waals surface area contributed by atoms with Crippen LogP contribution in [0.4, 0.5) is 0 Å². The third-order valence-corrected chi connectivity index (χ3v) is 5.85. The van der Waals surface area contributed by atoms with Crippen molar-refractivity contribution in [3.05, 3.63) is 95.4 Å². The average Bonchev–Trinajstić information content (AvgIpc) is 3.13. The Morgan fingerprint density at radius 2 is 1.74 bits per heavy atom. The lowest BCUT2D eigenvalue weighted by Gasteiger charge is -2.35. The Morgan fingerprint density at radius 1 is 1.00 bits per heavy atom. The molecule has 1 aliphatic carbocycles. The number of hydrogen-bond acceptors (Lipinski definition) is 3. The van der Waals surface area contributed by atoms with Crippen molar-refractivity contribution in [1.82, 2.24) is 5.32 Å². The number of hydrogen-bond donors (Lipinski definition) is 2. The SMILES string of the molecule is O=C(NC1C=CC=CC1(C(=O)O)c1ccccc1)c1csc2ccccc12. The Labute approximate surface area is 160 Å². The van der Waals surface area contributed by atoms with Crippen LogP contribution in [0.5, 0.6) is 0 Å². The Morgan fingerprint density at radius 3 is 2.52 bits per heavy atom. The van der Waals surface area contributed by atoms with E-state index in [1.165, 1.54) is 11.3 Å². The molecule has 1 aliphatic rings. The molecule has 0 aliphatic heterocycles. The minimum absolute atomic E-state index is 0.279. The zero-order chi connectivity index (χ0) is 18.9. The number of allylic oxidation sites excluding steroid dienone is 2. The van der Waals surface area contributed by atoms with Crippen molar-refractivity contribution < 1.29 is 14.7 Å². The summed E-state index contributed by atoms with van der Waals surface area (Å²) in [5.74, 6) is -1.28. The standard InChI is InChI=1S/C22H17NO3S/c24-20(17-14-27-18-11-5-4-10-16(17)18)23-19-12-6-7-13-22(19,21(25)26)15-8-2-1-3-9-15/h1-14,19H,(H,23,24)(H,25,26). The number of thiophene rings is 1. The molecule has 4 nitrogen and oxygen atoms in total. The van der Waals surface area contributed by atoms with Gasteiger partial charge in [-0.15, -0.1) is 11.3 Å². The molecule has 2 atom stereocenters. The van der Waals surface area contributed by atoms with Gasteiger partial charge in [0.05, 0.1) is 11.6 Å². The summed E-state index contributed by atoms with van der Waals surface area (Å²) >= 11 is 1.50. The third-order valence-electron chi connectivity index (χ3n) is 4.88. The van der Waals surface area contributed by atoms with Gasteiger partial charge < -0.3 is 10.4 Å². The van der Waals surface area contributed by atoms with Crippen LogP contribution in [0.15, 0.2) is 84.3 Å². The van der Waals surface area contributed by atoms with E-state index in [1.54, 1.807) is 48.6 Å². The van der Waals surface area contributed by atoms with E-state index in [-0.39, 0.29) is 5.91 Å². The summed E-state index contributed by atoms with van der Waals surface area (Å²) in [5.41, 5.74) is -0.165. The number of nitrogens with one attached hydrogen (secondary N) is 1. The van der Waals surface area contributed by atoms with E-state index in [2.05, 4.69) is 5.32 Å². The van der Waals surface area contributed by atoms with Crippen LogP contribution in [-0.4, -0.2) is 23.0 Å². The number of carbonyl (C=O) groups is 2. The minimum atomic E-state index is -1.35. The maximum absolute atomic E-state index is 13.0. The van der Waals surface area contributed by atoms with Crippen LogP contribution in [0.3, 0.4) is 0 Å². The first-order chi connectivity index (χ1) is 13.1. The van der Waals surface area contributed by atoms with Gasteiger partial charge in [-0.2, -0.15) is 0 Å². The Kier molecular flexibility index (Phi) is 4.38. The summed E-state index contributed by atoms with van der Waals surface area (Å²) in [6.07, 6.45) is 6.85. The monoisotopic (exact) mass is 375 g/mol. The summed E-state index contributed by atoms with van der Waals surface area (Å²) < 4.78 is 1.02. The predicted octanol–water partition coefficient (Wildman–Crippen LogP) is 4.15. The lowest BCUT2D eigenvalue weighted by Crippen LogP contribution is -2.53. The van der Waals surface area contributed by atoms with Crippen LogP contribution >= 0.6 is 11.3 Å². The average molecular weight is 375 g/mol. The van der Waals surface area contributed by atoms with Crippen LogP contribution in [0.2, 0.25) is 0 Å². The van der Waals surface area contributed by atoms with Crippen molar-refractivity contribution in [1.29, 1.82) is 0 Å². The molecule has 4 rings (SSSR count). The van der Waals surface area contributed by atoms with E-state index in [1.807, 2.05) is 35.7 Å². The number of rotatable bonds is 4. The van der Waals surface area contributed by atoms with Gasteiger partial charge in [-0.25, -0.2) is 0 Å². The number of carbonyl (C=O) groups excluding carboxylic acids is 1. The fourth-order valence-electron chi connectivity index (χ4n) is 3.49. The number of aliphatic carboxylic acids is 1. The summed E-state index contributed by atoms with van der Waals surface area (Å²) in [7, 11) is 0. The van der Waals surface area contributed by atoms with Crippen molar-refractivity contribution in [3.63, 3.8) is 0 Å². The Bertz CT molecular complexity index is 1070. The van der Waals surface area contributed by atoms with Gasteiger partial charge in [0.25, 0.3) is 5.91 Å². The van der Waals surface area contributed by atoms with E-state index in [9.17, 15) is 14.7 Å². The van der Waals surface area contributed by atoms with E-state index < -0.39 is 17.4 Å². The summed E-state index contributed by atoms with van der Waals surface area (Å²) in [4.78, 5) is 25.3. The number of fused-ring (bicyclic) bond motifs is 1. The minimum Gasteiger partial charge on any atom is -0.480 e. The second-order valence-corrected chi connectivity index (χ2v) is 7.29. The molecule has 1 aromatic heterocycles. The largest absolute Gasteiger partial charge is 0.480 e. The van der Waals surface area contributed by atoms with Crippen molar-refractivity contribution >= 4 is 33.3 Å².